The van der Waals surface area contributed by atoms with E-state index in [1.807, 2.05) is 24.3 Å². The van der Waals surface area contributed by atoms with E-state index in [2.05, 4.69) is 5.32 Å². The van der Waals surface area contributed by atoms with Crippen LogP contribution in [0.5, 0.6) is 0 Å². The second-order valence-electron chi connectivity index (χ2n) is 5.39. The maximum absolute atomic E-state index is 12.0. The summed E-state index contributed by atoms with van der Waals surface area (Å²) in [7, 11) is 0. The molecule has 0 bridgehead atoms. The Labute approximate surface area is 147 Å². The van der Waals surface area contributed by atoms with Crippen molar-refractivity contribution in [1.29, 1.82) is 0 Å². The topological polar surface area (TPSA) is 59.3 Å². The van der Waals surface area contributed by atoms with Crippen molar-refractivity contribution in [1.82, 2.24) is 5.32 Å². The number of thiocarbonyl (C=S) groups is 1. The molecule has 2 aromatic rings. The maximum atomic E-state index is 12.0. The molecule has 0 spiro atoms. The molecule has 2 heterocycles. The van der Waals surface area contributed by atoms with E-state index in [1.165, 1.54) is 11.8 Å². The van der Waals surface area contributed by atoms with Gasteiger partial charge >= 0.3 is 0 Å². The van der Waals surface area contributed by atoms with Crippen LogP contribution in [0.15, 0.2) is 57.4 Å². The van der Waals surface area contributed by atoms with Crippen molar-refractivity contribution in [3.8, 4) is 11.3 Å². The summed E-state index contributed by atoms with van der Waals surface area (Å²) in [5.41, 5.74) is 2.43. The van der Waals surface area contributed by atoms with Crippen LogP contribution < -0.4 is 5.32 Å². The summed E-state index contributed by atoms with van der Waals surface area (Å²) in [6, 6.07) is 11.0. The molecule has 118 valence electrons. The molecule has 24 heavy (non-hydrogen) atoms. The smallest absolute Gasteiger partial charge is 0.263 e. The van der Waals surface area contributed by atoms with Gasteiger partial charge < -0.3 is 9.73 Å². The SMILES string of the molecule is O=C1NC(=S)SC1=Cc1ccc(-c2ccc(C(=O)C3=CC3)cc2)o1. The number of ketones is 1. The van der Waals surface area contributed by atoms with Gasteiger partial charge in [-0.05, 0) is 18.6 Å². The van der Waals surface area contributed by atoms with Gasteiger partial charge in [0.1, 0.15) is 15.8 Å². The van der Waals surface area contributed by atoms with Gasteiger partial charge in [0, 0.05) is 22.8 Å². The lowest BCUT2D eigenvalue weighted by Gasteiger charge is -2.00. The Hall–Kier alpha value is -2.44. The van der Waals surface area contributed by atoms with Crippen LogP contribution in [-0.2, 0) is 4.79 Å². The van der Waals surface area contributed by atoms with E-state index >= 15 is 0 Å². The molecule has 1 fully saturated rings. The van der Waals surface area contributed by atoms with Crippen LogP contribution in [0.3, 0.4) is 0 Å². The molecule has 1 aromatic heterocycles. The molecule has 1 aliphatic carbocycles. The van der Waals surface area contributed by atoms with Gasteiger partial charge in [-0.2, -0.15) is 0 Å². The van der Waals surface area contributed by atoms with Crippen LogP contribution in [0.25, 0.3) is 17.4 Å². The van der Waals surface area contributed by atoms with E-state index in [9.17, 15) is 9.59 Å². The fourth-order valence-electron chi connectivity index (χ4n) is 2.34. The zero-order chi connectivity index (χ0) is 16.7. The highest BCUT2D eigenvalue weighted by molar-refractivity contribution is 8.26. The molecule has 1 aromatic carbocycles. The maximum Gasteiger partial charge on any atom is 0.263 e. The summed E-state index contributed by atoms with van der Waals surface area (Å²) in [6.07, 6.45) is 4.39. The summed E-state index contributed by atoms with van der Waals surface area (Å²) in [5.74, 6) is 1.14. The number of furan rings is 1. The number of carbonyl (C=O) groups excluding carboxylic acids is 2. The quantitative estimate of drug-likeness (QED) is 0.512. The van der Waals surface area contributed by atoms with E-state index in [1.54, 1.807) is 24.3 Å². The number of rotatable bonds is 4. The molecule has 0 unspecified atom stereocenters. The predicted octanol–water partition coefficient (Wildman–Crippen LogP) is 3.95. The first-order chi connectivity index (χ1) is 11.6. The van der Waals surface area contributed by atoms with Crippen molar-refractivity contribution in [3.63, 3.8) is 0 Å². The lowest BCUT2D eigenvalue weighted by atomic mass is 10.1. The fourth-order valence-corrected chi connectivity index (χ4v) is 3.37. The van der Waals surface area contributed by atoms with E-state index in [0.717, 1.165) is 17.6 Å². The Morgan fingerprint density at radius 2 is 1.96 bits per heavy atom. The van der Waals surface area contributed by atoms with Gasteiger partial charge in [0.25, 0.3) is 5.91 Å². The third-order valence-electron chi connectivity index (χ3n) is 3.67. The molecular weight excluding hydrogens is 342 g/mol. The van der Waals surface area contributed by atoms with Crippen molar-refractivity contribution in [3.05, 3.63) is 64.3 Å². The predicted molar refractivity (Wildman–Crippen MR) is 97.5 cm³/mol. The van der Waals surface area contributed by atoms with Crippen LogP contribution in [0.2, 0.25) is 0 Å². The summed E-state index contributed by atoms with van der Waals surface area (Å²) in [4.78, 5) is 24.1. The van der Waals surface area contributed by atoms with Gasteiger partial charge in [-0.15, -0.1) is 0 Å². The number of hydrogen-bond acceptors (Lipinski definition) is 5. The van der Waals surface area contributed by atoms with Crippen molar-refractivity contribution < 1.29 is 14.0 Å². The lowest BCUT2D eigenvalue weighted by Crippen LogP contribution is -2.17. The number of carbonyl (C=O) groups is 2. The van der Waals surface area contributed by atoms with E-state index in [0.29, 0.717) is 26.3 Å². The first-order valence-corrected chi connectivity index (χ1v) is 8.51. The third-order valence-corrected chi connectivity index (χ3v) is 4.84. The monoisotopic (exact) mass is 353 g/mol. The van der Waals surface area contributed by atoms with E-state index in [4.69, 9.17) is 16.6 Å². The average Bonchev–Trinajstić information content (AvgIpc) is 3.24. The Morgan fingerprint density at radius 3 is 2.58 bits per heavy atom. The van der Waals surface area contributed by atoms with Gasteiger partial charge in [-0.1, -0.05) is 54.3 Å². The molecule has 1 saturated heterocycles. The number of hydrogen-bond donors (Lipinski definition) is 1. The Kier molecular flexibility index (Phi) is 3.70. The molecular formula is C18H11NO3S2. The number of benzene rings is 1. The molecule has 4 nitrogen and oxygen atoms in total. The summed E-state index contributed by atoms with van der Waals surface area (Å²) in [5, 5.41) is 2.57. The Balaban J connectivity index is 1.55. The van der Waals surface area contributed by atoms with Gasteiger partial charge in [0.2, 0.25) is 0 Å². The minimum atomic E-state index is -0.208. The van der Waals surface area contributed by atoms with E-state index in [-0.39, 0.29) is 11.7 Å². The van der Waals surface area contributed by atoms with Gasteiger partial charge in [0.15, 0.2) is 5.78 Å². The van der Waals surface area contributed by atoms with Crippen LogP contribution in [-0.4, -0.2) is 16.0 Å². The number of amides is 1. The highest BCUT2D eigenvalue weighted by atomic mass is 32.2. The molecule has 2 aliphatic rings. The van der Waals surface area contributed by atoms with Crippen molar-refractivity contribution >= 4 is 46.1 Å². The molecule has 1 N–H and O–H groups in total. The number of allylic oxidation sites excluding steroid dienone is 2. The van der Waals surface area contributed by atoms with Crippen LogP contribution in [0.1, 0.15) is 22.5 Å². The zero-order valence-corrected chi connectivity index (χ0v) is 14.0. The van der Waals surface area contributed by atoms with Gasteiger partial charge in [-0.25, -0.2) is 0 Å². The minimum Gasteiger partial charge on any atom is -0.457 e. The molecule has 1 aliphatic heterocycles. The number of nitrogens with one attached hydrogen (secondary N) is 1. The summed E-state index contributed by atoms with van der Waals surface area (Å²) >= 11 is 6.17. The standard InChI is InChI=1S/C18H11NO3S2/c20-16(12-5-6-12)11-3-1-10(2-4-11)14-8-7-13(22-14)9-15-17(21)19-18(23)24-15/h1-5,7-9H,6H2,(H,19,21,23). The molecule has 0 saturated carbocycles. The molecule has 0 radical (unpaired) electrons. The van der Waals surface area contributed by atoms with Gasteiger partial charge in [-0.3, -0.25) is 9.59 Å². The van der Waals surface area contributed by atoms with Gasteiger partial charge in [0.05, 0.1) is 4.91 Å². The molecule has 4 rings (SSSR count). The first-order valence-electron chi connectivity index (χ1n) is 7.29. The summed E-state index contributed by atoms with van der Waals surface area (Å²) < 4.78 is 6.21. The number of Topliss-reactive ketones (excluding diaryl/α,β-unsaturated/α-hetero) is 1. The Morgan fingerprint density at radius 1 is 1.21 bits per heavy atom. The first kappa shape index (κ1) is 15.1. The Bertz CT molecular complexity index is 935. The highest BCUT2D eigenvalue weighted by Gasteiger charge is 2.22. The van der Waals surface area contributed by atoms with Crippen molar-refractivity contribution in [2.45, 2.75) is 6.42 Å². The normalized spacial score (nSPS) is 17.8. The average molecular weight is 353 g/mol. The van der Waals surface area contributed by atoms with Crippen LogP contribution in [0, 0.1) is 0 Å². The lowest BCUT2D eigenvalue weighted by molar-refractivity contribution is -0.115. The highest BCUT2D eigenvalue weighted by Crippen LogP contribution is 2.29. The summed E-state index contributed by atoms with van der Waals surface area (Å²) in [6.45, 7) is 0. The fraction of sp³-hybridized carbons (Fsp3) is 0.0556. The second-order valence-corrected chi connectivity index (χ2v) is 7.11. The third kappa shape index (κ3) is 2.98. The largest absolute Gasteiger partial charge is 0.457 e. The molecule has 6 heteroatoms. The number of thioether (sulfide) groups is 1. The molecule has 0 atom stereocenters. The van der Waals surface area contributed by atoms with Crippen molar-refractivity contribution in [2.24, 2.45) is 0 Å². The van der Waals surface area contributed by atoms with Crippen molar-refractivity contribution in [2.75, 3.05) is 0 Å². The second kappa shape index (κ2) is 5.89. The van der Waals surface area contributed by atoms with Crippen LogP contribution in [0.4, 0.5) is 0 Å². The zero-order valence-electron chi connectivity index (χ0n) is 12.4. The van der Waals surface area contributed by atoms with E-state index < -0.39 is 0 Å². The molecule has 1 amide bonds. The van der Waals surface area contributed by atoms with Crippen LogP contribution >= 0.6 is 24.0 Å². The minimum absolute atomic E-state index is 0.0895.